The van der Waals surface area contributed by atoms with E-state index in [4.69, 9.17) is 5.11 Å². The van der Waals surface area contributed by atoms with Crippen molar-refractivity contribution >= 4 is 5.97 Å². The predicted octanol–water partition coefficient (Wildman–Crippen LogP) is -0.183. The number of hydrogen-bond acceptors (Lipinski definition) is 5. The maximum absolute atomic E-state index is 10.6. The fraction of sp³-hybridized carbons (Fsp3) is 0.538. The van der Waals surface area contributed by atoms with E-state index in [0.717, 1.165) is 31.7 Å². The SMILES string of the molecule is O=C(O)CN1CCN(CC(O)c2cccnc2)CC1. The zero-order valence-corrected chi connectivity index (χ0v) is 10.8. The van der Waals surface area contributed by atoms with Crippen LogP contribution in [0.15, 0.2) is 24.5 Å². The van der Waals surface area contributed by atoms with Crippen molar-refractivity contribution in [3.8, 4) is 0 Å². The van der Waals surface area contributed by atoms with Gasteiger partial charge in [0.25, 0.3) is 0 Å². The first-order valence-electron chi connectivity index (χ1n) is 6.39. The van der Waals surface area contributed by atoms with Crippen LogP contribution < -0.4 is 0 Å². The lowest BCUT2D eigenvalue weighted by atomic mass is 10.1. The van der Waals surface area contributed by atoms with Gasteiger partial charge in [-0.15, -0.1) is 0 Å². The van der Waals surface area contributed by atoms with Gasteiger partial charge in [0.15, 0.2) is 0 Å². The molecule has 6 nitrogen and oxygen atoms in total. The van der Waals surface area contributed by atoms with Crippen molar-refractivity contribution in [1.82, 2.24) is 14.8 Å². The molecule has 0 aromatic carbocycles. The van der Waals surface area contributed by atoms with Crippen molar-refractivity contribution in [2.45, 2.75) is 6.10 Å². The fourth-order valence-corrected chi connectivity index (χ4v) is 2.24. The summed E-state index contributed by atoms with van der Waals surface area (Å²) < 4.78 is 0. The number of carboxylic acid groups (broad SMARTS) is 1. The lowest BCUT2D eigenvalue weighted by molar-refractivity contribution is -0.138. The Morgan fingerprint density at radius 1 is 1.32 bits per heavy atom. The fourth-order valence-electron chi connectivity index (χ4n) is 2.24. The lowest BCUT2D eigenvalue weighted by Gasteiger charge is -2.34. The van der Waals surface area contributed by atoms with Crippen LogP contribution in [0.1, 0.15) is 11.7 Å². The first-order chi connectivity index (χ1) is 9.15. The highest BCUT2D eigenvalue weighted by Gasteiger charge is 2.20. The Morgan fingerprint density at radius 3 is 2.58 bits per heavy atom. The summed E-state index contributed by atoms with van der Waals surface area (Å²) in [6.45, 7) is 3.68. The van der Waals surface area contributed by atoms with E-state index in [1.54, 1.807) is 12.4 Å². The molecule has 0 saturated carbocycles. The molecule has 1 aliphatic heterocycles. The number of rotatable bonds is 5. The van der Waals surface area contributed by atoms with Gasteiger partial charge in [-0.2, -0.15) is 0 Å². The normalized spacial score (nSPS) is 19.2. The van der Waals surface area contributed by atoms with E-state index >= 15 is 0 Å². The van der Waals surface area contributed by atoms with Crippen LogP contribution in [0.5, 0.6) is 0 Å². The van der Waals surface area contributed by atoms with Crippen molar-refractivity contribution in [2.75, 3.05) is 39.3 Å². The number of aliphatic hydroxyl groups is 1. The van der Waals surface area contributed by atoms with Gasteiger partial charge in [0, 0.05) is 50.7 Å². The monoisotopic (exact) mass is 265 g/mol. The summed E-state index contributed by atoms with van der Waals surface area (Å²) in [5, 5.41) is 18.8. The minimum atomic E-state index is -0.788. The molecule has 1 aromatic heterocycles. The number of carboxylic acids is 1. The van der Waals surface area contributed by atoms with Crippen LogP contribution in [0.25, 0.3) is 0 Å². The lowest BCUT2D eigenvalue weighted by Crippen LogP contribution is -2.48. The molecule has 2 heterocycles. The Kier molecular flexibility index (Phi) is 4.84. The average molecular weight is 265 g/mol. The molecule has 0 aliphatic carbocycles. The Hall–Kier alpha value is -1.50. The number of nitrogens with zero attached hydrogens (tertiary/aromatic N) is 3. The minimum absolute atomic E-state index is 0.0962. The highest BCUT2D eigenvalue weighted by atomic mass is 16.4. The summed E-state index contributed by atoms with van der Waals surface area (Å²) in [7, 11) is 0. The molecule has 1 saturated heterocycles. The van der Waals surface area contributed by atoms with Crippen LogP contribution in [-0.2, 0) is 4.79 Å². The van der Waals surface area contributed by atoms with Crippen LogP contribution in [0.4, 0.5) is 0 Å². The van der Waals surface area contributed by atoms with Gasteiger partial charge in [-0.3, -0.25) is 19.6 Å². The Bertz CT molecular complexity index is 405. The molecule has 6 heteroatoms. The van der Waals surface area contributed by atoms with Gasteiger partial charge >= 0.3 is 5.97 Å². The van der Waals surface area contributed by atoms with Crippen LogP contribution in [0.3, 0.4) is 0 Å². The van der Waals surface area contributed by atoms with Crippen LogP contribution in [0, 0.1) is 0 Å². The Morgan fingerprint density at radius 2 is 2.00 bits per heavy atom. The third kappa shape index (κ3) is 4.27. The van der Waals surface area contributed by atoms with Crippen LogP contribution in [0.2, 0.25) is 0 Å². The molecule has 2 N–H and O–H groups in total. The van der Waals surface area contributed by atoms with Crippen molar-refractivity contribution in [3.05, 3.63) is 30.1 Å². The molecular weight excluding hydrogens is 246 g/mol. The number of β-amino-alcohol motifs (C(OH)–C–C–N with tert-alkyl or cyclic N) is 1. The first-order valence-corrected chi connectivity index (χ1v) is 6.39. The van der Waals surface area contributed by atoms with Crippen molar-refractivity contribution < 1.29 is 15.0 Å². The molecule has 19 heavy (non-hydrogen) atoms. The highest BCUT2D eigenvalue weighted by molar-refractivity contribution is 5.69. The molecule has 0 spiro atoms. The van der Waals surface area contributed by atoms with Crippen LogP contribution in [-0.4, -0.2) is 70.2 Å². The molecular formula is C13H19N3O3. The predicted molar refractivity (Wildman–Crippen MR) is 69.7 cm³/mol. The summed E-state index contributed by atoms with van der Waals surface area (Å²) in [5.74, 6) is -0.788. The van der Waals surface area contributed by atoms with E-state index in [1.807, 2.05) is 17.0 Å². The quantitative estimate of drug-likeness (QED) is 0.769. The van der Waals surface area contributed by atoms with E-state index in [9.17, 15) is 9.90 Å². The summed E-state index contributed by atoms with van der Waals surface area (Å²) >= 11 is 0. The second-order valence-corrected chi connectivity index (χ2v) is 4.77. The van der Waals surface area contributed by atoms with Gasteiger partial charge < -0.3 is 10.2 Å². The summed E-state index contributed by atoms with van der Waals surface area (Å²) in [6, 6.07) is 3.67. The smallest absolute Gasteiger partial charge is 0.317 e. The number of carbonyl (C=O) groups is 1. The zero-order valence-electron chi connectivity index (χ0n) is 10.8. The molecule has 2 rings (SSSR count). The van der Waals surface area contributed by atoms with Gasteiger partial charge in [-0.25, -0.2) is 0 Å². The number of pyridine rings is 1. The number of aliphatic carboxylic acids is 1. The molecule has 1 aliphatic rings. The molecule has 1 unspecified atom stereocenters. The molecule has 1 atom stereocenters. The van der Waals surface area contributed by atoms with Crippen molar-refractivity contribution in [1.29, 1.82) is 0 Å². The second-order valence-electron chi connectivity index (χ2n) is 4.77. The summed E-state index contributed by atoms with van der Waals surface area (Å²) in [4.78, 5) is 18.7. The van der Waals surface area contributed by atoms with Gasteiger partial charge in [0.05, 0.1) is 12.6 Å². The van der Waals surface area contributed by atoms with E-state index in [1.165, 1.54) is 0 Å². The van der Waals surface area contributed by atoms with Gasteiger partial charge in [0.1, 0.15) is 0 Å². The number of hydrogen-bond donors (Lipinski definition) is 2. The van der Waals surface area contributed by atoms with E-state index in [2.05, 4.69) is 9.88 Å². The van der Waals surface area contributed by atoms with Crippen molar-refractivity contribution in [2.24, 2.45) is 0 Å². The summed E-state index contributed by atoms with van der Waals surface area (Å²) in [5.41, 5.74) is 0.815. The van der Waals surface area contributed by atoms with Gasteiger partial charge in [-0.05, 0) is 6.07 Å². The number of aromatic nitrogens is 1. The maximum Gasteiger partial charge on any atom is 0.317 e. The van der Waals surface area contributed by atoms with E-state index in [0.29, 0.717) is 6.54 Å². The number of piperazine rings is 1. The van der Waals surface area contributed by atoms with Crippen LogP contribution >= 0.6 is 0 Å². The molecule has 1 fully saturated rings. The maximum atomic E-state index is 10.6. The third-order valence-electron chi connectivity index (χ3n) is 3.32. The largest absolute Gasteiger partial charge is 0.480 e. The van der Waals surface area contributed by atoms with Gasteiger partial charge in [-0.1, -0.05) is 6.07 Å². The Balaban J connectivity index is 1.78. The molecule has 1 aromatic rings. The summed E-state index contributed by atoms with van der Waals surface area (Å²) in [6.07, 6.45) is 2.81. The minimum Gasteiger partial charge on any atom is -0.480 e. The first kappa shape index (κ1) is 13.9. The highest BCUT2D eigenvalue weighted by Crippen LogP contribution is 2.13. The van der Waals surface area contributed by atoms with Crippen molar-refractivity contribution in [3.63, 3.8) is 0 Å². The third-order valence-corrected chi connectivity index (χ3v) is 3.32. The Labute approximate surface area is 112 Å². The molecule has 0 radical (unpaired) electrons. The second kappa shape index (κ2) is 6.60. The average Bonchev–Trinajstić information content (AvgIpc) is 2.41. The van der Waals surface area contributed by atoms with E-state index < -0.39 is 12.1 Å². The molecule has 0 amide bonds. The van der Waals surface area contributed by atoms with E-state index in [-0.39, 0.29) is 6.54 Å². The molecule has 0 bridgehead atoms. The molecule has 104 valence electrons. The van der Waals surface area contributed by atoms with Gasteiger partial charge in [0.2, 0.25) is 0 Å². The number of aliphatic hydroxyl groups excluding tert-OH is 1. The topological polar surface area (TPSA) is 76.9 Å². The standard InChI is InChI=1S/C13H19N3O3/c17-12(11-2-1-3-14-8-11)9-15-4-6-16(7-5-15)10-13(18)19/h1-3,8,12,17H,4-7,9-10H2,(H,18,19). The zero-order chi connectivity index (χ0) is 13.7.